The van der Waals surface area contributed by atoms with E-state index in [2.05, 4.69) is 0 Å². The molecule has 1 spiro atoms. The lowest BCUT2D eigenvalue weighted by atomic mass is 9.80. The first kappa shape index (κ1) is 11.9. The summed E-state index contributed by atoms with van der Waals surface area (Å²) in [5.41, 5.74) is 0.0684. The van der Waals surface area contributed by atoms with Gasteiger partial charge in [0.2, 0.25) is 5.91 Å². The highest BCUT2D eigenvalue weighted by Gasteiger charge is 2.49. The molecule has 2 rings (SSSR count). The van der Waals surface area contributed by atoms with Gasteiger partial charge in [-0.05, 0) is 20.3 Å². The monoisotopic (exact) mass is 227 g/mol. The summed E-state index contributed by atoms with van der Waals surface area (Å²) >= 11 is 0. The van der Waals surface area contributed by atoms with Crippen LogP contribution in [0.5, 0.6) is 0 Å². The molecule has 0 aliphatic carbocycles. The molecule has 0 radical (unpaired) electrons. The van der Waals surface area contributed by atoms with Crippen molar-refractivity contribution in [3.63, 3.8) is 0 Å². The summed E-state index contributed by atoms with van der Waals surface area (Å²) in [7, 11) is 0. The first-order valence-electron chi connectivity index (χ1n) is 6.02. The number of hydrogen-bond donors (Lipinski definition) is 0. The minimum Gasteiger partial charge on any atom is -0.350 e. The molecule has 16 heavy (non-hydrogen) atoms. The molecule has 0 atom stereocenters. The van der Waals surface area contributed by atoms with Gasteiger partial charge in [-0.15, -0.1) is 0 Å². The molecule has 0 N–H and O–H groups in total. The Bertz CT molecular complexity index is 270. The smallest absolute Gasteiger partial charge is 0.222 e. The average molecular weight is 227 g/mol. The zero-order chi connectivity index (χ0) is 11.8. The Labute approximate surface area is 96.9 Å². The van der Waals surface area contributed by atoms with Crippen LogP contribution in [0.2, 0.25) is 0 Å². The largest absolute Gasteiger partial charge is 0.350 e. The Morgan fingerprint density at radius 2 is 1.81 bits per heavy atom. The summed E-state index contributed by atoms with van der Waals surface area (Å²) in [6.07, 6.45) is 1.58. The molecule has 0 saturated carbocycles. The van der Waals surface area contributed by atoms with Crippen LogP contribution in [0.25, 0.3) is 0 Å². The van der Waals surface area contributed by atoms with Crippen LogP contribution in [0, 0.1) is 5.41 Å². The van der Waals surface area contributed by atoms with E-state index < -0.39 is 5.79 Å². The quantitative estimate of drug-likeness (QED) is 0.715. The molecule has 0 aromatic heterocycles. The SMILES string of the molecule is CCCC(=O)N1CC2(COC(C)(C)OC2)C1. The van der Waals surface area contributed by atoms with E-state index in [1.807, 2.05) is 25.7 Å². The lowest BCUT2D eigenvalue weighted by Gasteiger charge is -2.54. The van der Waals surface area contributed by atoms with Gasteiger partial charge in [-0.2, -0.15) is 0 Å². The van der Waals surface area contributed by atoms with Crippen LogP contribution in [0.3, 0.4) is 0 Å². The third-order valence-corrected chi connectivity index (χ3v) is 3.32. The van der Waals surface area contributed by atoms with Crippen molar-refractivity contribution in [2.45, 2.75) is 39.4 Å². The number of hydrogen-bond acceptors (Lipinski definition) is 3. The molecule has 92 valence electrons. The summed E-state index contributed by atoms with van der Waals surface area (Å²) in [6, 6.07) is 0. The minimum absolute atomic E-state index is 0.0684. The molecular weight excluding hydrogens is 206 g/mol. The van der Waals surface area contributed by atoms with Crippen molar-refractivity contribution in [1.29, 1.82) is 0 Å². The van der Waals surface area contributed by atoms with E-state index in [1.54, 1.807) is 0 Å². The van der Waals surface area contributed by atoms with E-state index in [9.17, 15) is 4.79 Å². The Morgan fingerprint density at radius 1 is 1.25 bits per heavy atom. The van der Waals surface area contributed by atoms with Crippen molar-refractivity contribution >= 4 is 5.91 Å². The first-order chi connectivity index (χ1) is 7.46. The maximum atomic E-state index is 11.6. The van der Waals surface area contributed by atoms with Crippen LogP contribution < -0.4 is 0 Å². The van der Waals surface area contributed by atoms with Gasteiger partial charge in [0.1, 0.15) is 0 Å². The second-order valence-corrected chi connectivity index (χ2v) is 5.48. The molecule has 0 bridgehead atoms. The van der Waals surface area contributed by atoms with Crippen LogP contribution in [0.15, 0.2) is 0 Å². The molecule has 1 amide bonds. The molecule has 2 aliphatic heterocycles. The van der Waals surface area contributed by atoms with Crippen LogP contribution in [-0.2, 0) is 14.3 Å². The predicted molar refractivity (Wildman–Crippen MR) is 59.9 cm³/mol. The number of likely N-dealkylation sites (tertiary alicyclic amines) is 1. The van der Waals surface area contributed by atoms with Crippen LogP contribution >= 0.6 is 0 Å². The summed E-state index contributed by atoms with van der Waals surface area (Å²) in [5, 5.41) is 0. The van der Waals surface area contributed by atoms with Gasteiger partial charge in [-0.1, -0.05) is 6.92 Å². The zero-order valence-corrected chi connectivity index (χ0v) is 10.4. The number of ether oxygens (including phenoxy) is 2. The molecule has 2 heterocycles. The van der Waals surface area contributed by atoms with Gasteiger partial charge in [0, 0.05) is 19.5 Å². The molecule has 0 aromatic rings. The number of amides is 1. The Kier molecular flexibility index (Phi) is 2.97. The first-order valence-corrected chi connectivity index (χ1v) is 6.02. The van der Waals surface area contributed by atoms with Gasteiger partial charge < -0.3 is 14.4 Å². The maximum Gasteiger partial charge on any atom is 0.222 e. The van der Waals surface area contributed by atoms with Crippen molar-refractivity contribution in [2.24, 2.45) is 5.41 Å². The molecular formula is C12H21NO3. The summed E-state index contributed by atoms with van der Waals surface area (Å²) in [5.74, 6) is -0.197. The minimum atomic E-state index is -0.459. The predicted octanol–water partition coefficient (Wildman–Crippen LogP) is 1.40. The normalized spacial score (nSPS) is 26.6. The molecule has 0 aromatic carbocycles. The van der Waals surface area contributed by atoms with E-state index in [0.717, 1.165) is 19.5 Å². The maximum absolute atomic E-state index is 11.6. The highest BCUT2D eigenvalue weighted by molar-refractivity contribution is 5.77. The molecule has 2 fully saturated rings. The third kappa shape index (κ3) is 2.23. The number of nitrogens with zero attached hydrogens (tertiary/aromatic N) is 1. The van der Waals surface area contributed by atoms with Gasteiger partial charge in [0.15, 0.2) is 5.79 Å². The molecule has 2 aliphatic rings. The van der Waals surface area contributed by atoms with E-state index >= 15 is 0 Å². The highest BCUT2D eigenvalue weighted by Crippen LogP contribution is 2.37. The Balaban J connectivity index is 1.81. The fraction of sp³-hybridized carbons (Fsp3) is 0.917. The van der Waals surface area contributed by atoms with Crippen LogP contribution in [0.1, 0.15) is 33.6 Å². The van der Waals surface area contributed by atoms with Crippen molar-refractivity contribution in [2.75, 3.05) is 26.3 Å². The van der Waals surface area contributed by atoms with E-state index in [-0.39, 0.29) is 11.3 Å². The summed E-state index contributed by atoms with van der Waals surface area (Å²) < 4.78 is 11.3. The standard InChI is InChI=1S/C12H21NO3/c1-4-5-10(14)13-6-12(7-13)8-15-11(2,3)16-9-12/h4-9H2,1-3H3. The van der Waals surface area contributed by atoms with Crippen molar-refractivity contribution in [3.8, 4) is 0 Å². The van der Waals surface area contributed by atoms with Crippen molar-refractivity contribution < 1.29 is 14.3 Å². The fourth-order valence-corrected chi connectivity index (χ4v) is 2.23. The van der Waals surface area contributed by atoms with Gasteiger partial charge >= 0.3 is 0 Å². The molecule has 4 heteroatoms. The fourth-order valence-electron chi connectivity index (χ4n) is 2.23. The lowest BCUT2D eigenvalue weighted by Crippen LogP contribution is -2.65. The van der Waals surface area contributed by atoms with Crippen LogP contribution in [-0.4, -0.2) is 42.9 Å². The summed E-state index contributed by atoms with van der Waals surface area (Å²) in [4.78, 5) is 13.5. The second kappa shape index (κ2) is 4.00. The van der Waals surface area contributed by atoms with Gasteiger partial charge in [-0.3, -0.25) is 4.79 Å². The lowest BCUT2D eigenvalue weighted by molar-refractivity contribution is -0.302. The molecule has 2 saturated heterocycles. The second-order valence-electron chi connectivity index (χ2n) is 5.48. The van der Waals surface area contributed by atoms with E-state index in [1.165, 1.54) is 0 Å². The van der Waals surface area contributed by atoms with Crippen molar-refractivity contribution in [3.05, 3.63) is 0 Å². The van der Waals surface area contributed by atoms with E-state index in [0.29, 0.717) is 19.6 Å². The van der Waals surface area contributed by atoms with Gasteiger partial charge in [-0.25, -0.2) is 0 Å². The third-order valence-electron chi connectivity index (χ3n) is 3.32. The van der Waals surface area contributed by atoms with Crippen molar-refractivity contribution in [1.82, 2.24) is 4.90 Å². The average Bonchev–Trinajstić information content (AvgIpc) is 2.15. The Morgan fingerprint density at radius 3 is 2.31 bits per heavy atom. The zero-order valence-electron chi connectivity index (χ0n) is 10.4. The van der Waals surface area contributed by atoms with Gasteiger partial charge in [0.05, 0.1) is 18.6 Å². The molecule has 4 nitrogen and oxygen atoms in total. The number of carbonyl (C=O) groups excluding carboxylic acids is 1. The topological polar surface area (TPSA) is 38.8 Å². The summed E-state index contributed by atoms with van der Waals surface area (Å²) in [6.45, 7) is 8.88. The number of rotatable bonds is 2. The number of carbonyl (C=O) groups is 1. The highest BCUT2D eigenvalue weighted by atomic mass is 16.7. The van der Waals surface area contributed by atoms with E-state index in [4.69, 9.17) is 9.47 Å². The molecule has 0 unspecified atom stereocenters. The van der Waals surface area contributed by atoms with Crippen LogP contribution in [0.4, 0.5) is 0 Å². The van der Waals surface area contributed by atoms with Gasteiger partial charge in [0.25, 0.3) is 0 Å². The Hall–Kier alpha value is -0.610.